The zero-order chi connectivity index (χ0) is 24.3. The number of piperazine rings is 1. The lowest BCUT2D eigenvalue weighted by molar-refractivity contribution is -0.147. The highest BCUT2D eigenvalue weighted by atomic mass is 32.2. The molecule has 0 aliphatic carbocycles. The topological polar surface area (TPSA) is 116 Å². The highest BCUT2D eigenvalue weighted by molar-refractivity contribution is 7.89. The number of nitrogens with one attached hydrogen (secondary N) is 1. The minimum Gasteiger partial charge on any atom is -0.354 e. The SMILES string of the molecule is Cc1ccc(Nc2nc(C)cc(N3CCN(S(=O)(=O)CCN4C(=O)CCCC4=O)CC3)n2)cc1. The van der Waals surface area contributed by atoms with Crippen LogP contribution >= 0.6 is 0 Å². The zero-order valence-electron chi connectivity index (χ0n) is 19.5. The molecule has 0 radical (unpaired) electrons. The van der Waals surface area contributed by atoms with Crippen molar-refractivity contribution in [2.75, 3.05) is 48.7 Å². The smallest absolute Gasteiger partial charge is 0.229 e. The minimum absolute atomic E-state index is 0.0840. The van der Waals surface area contributed by atoms with E-state index in [1.807, 2.05) is 49.1 Å². The predicted octanol–water partition coefficient (Wildman–Crippen LogP) is 1.83. The number of likely N-dealkylation sites (tertiary alicyclic amines) is 1. The minimum atomic E-state index is -3.58. The van der Waals surface area contributed by atoms with Gasteiger partial charge in [-0.05, 0) is 32.4 Å². The van der Waals surface area contributed by atoms with E-state index in [-0.39, 0.29) is 24.1 Å². The summed E-state index contributed by atoms with van der Waals surface area (Å²) in [5, 5.41) is 3.22. The number of benzene rings is 1. The van der Waals surface area contributed by atoms with Gasteiger partial charge in [-0.2, -0.15) is 9.29 Å². The fourth-order valence-electron chi connectivity index (χ4n) is 4.12. The quantitative estimate of drug-likeness (QED) is 0.590. The number of piperidine rings is 1. The van der Waals surface area contributed by atoms with E-state index in [2.05, 4.69) is 15.3 Å². The number of rotatable bonds is 7. The summed E-state index contributed by atoms with van der Waals surface area (Å²) in [5.41, 5.74) is 2.87. The summed E-state index contributed by atoms with van der Waals surface area (Å²) in [6, 6.07) is 9.84. The van der Waals surface area contributed by atoms with Gasteiger partial charge in [-0.25, -0.2) is 13.4 Å². The van der Waals surface area contributed by atoms with Crippen molar-refractivity contribution in [3.8, 4) is 0 Å². The van der Waals surface area contributed by atoms with Crippen LogP contribution in [-0.2, 0) is 19.6 Å². The van der Waals surface area contributed by atoms with Crippen LogP contribution in [0.15, 0.2) is 30.3 Å². The van der Waals surface area contributed by atoms with Crippen LogP contribution in [-0.4, -0.2) is 77.9 Å². The van der Waals surface area contributed by atoms with Crippen molar-refractivity contribution in [3.05, 3.63) is 41.6 Å². The maximum absolute atomic E-state index is 12.8. The Balaban J connectivity index is 1.36. The van der Waals surface area contributed by atoms with Crippen LogP contribution in [0.25, 0.3) is 0 Å². The number of aryl methyl sites for hydroxylation is 2. The molecule has 182 valence electrons. The van der Waals surface area contributed by atoms with Crippen molar-refractivity contribution in [2.45, 2.75) is 33.1 Å². The van der Waals surface area contributed by atoms with Gasteiger partial charge in [-0.1, -0.05) is 17.7 Å². The number of carbonyl (C=O) groups is 2. The van der Waals surface area contributed by atoms with Gasteiger partial charge in [0.05, 0.1) is 5.75 Å². The molecule has 2 fully saturated rings. The third kappa shape index (κ3) is 5.71. The number of aromatic nitrogens is 2. The van der Waals surface area contributed by atoms with Crippen LogP contribution in [0, 0.1) is 13.8 Å². The van der Waals surface area contributed by atoms with Gasteiger partial charge in [0.15, 0.2) is 0 Å². The van der Waals surface area contributed by atoms with Gasteiger partial charge >= 0.3 is 0 Å². The average Bonchev–Trinajstić information content (AvgIpc) is 2.80. The first-order valence-electron chi connectivity index (χ1n) is 11.5. The van der Waals surface area contributed by atoms with Crippen molar-refractivity contribution in [1.82, 2.24) is 19.2 Å². The van der Waals surface area contributed by atoms with Crippen LogP contribution in [0.4, 0.5) is 17.5 Å². The first kappa shape index (κ1) is 24.1. The molecular formula is C23H30N6O4S. The molecule has 2 aromatic rings. The van der Waals surface area contributed by atoms with E-state index in [1.165, 1.54) is 9.87 Å². The molecule has 0 atom stereocenters. The number of amides is 2. The molecule has 2 aliphatic rings. The van der Waals surface area contributed by atoms with Crippen LogP contribution in [0.2, 0.25) is 0 Å². The van der Waals surface area contributed by atoms with Crippen molar-refractivity contribution in [3.63, 3.8) is 0 Å². The molecule has 11 heteroatoms. The lowest BCUT2D eigenvalue weighted by atomic mass is 10.1. The second-order valence-corrected chi connectivity index (χ2v) is 10.8. The summed E-state index contributed by atoms with van der Waals surface area (Å²) in [6.07, 6.45) is 1.13. The number of anilines is 3. The Morgan fingerprint density at radius 2 is 1.59 bits per heavy atom. The number of imide groups is 1. The third-order valence-electron chi connectivity index (χ3n) is 6.06. The normalized spacial score (nSPS) is 17.8. The van der Waals surface area contributed by atoms with Crippen molar-refractivity contribution < 1.29 is 18.0 Å². The van der Waals surface area contributed by atoms with Gasteiger partial charge in [0.1, 0.15) is 5.82 Å². The molecule has 10 nitrogen and oxygen atoms in total. The highest BCUT2D eigenvalue weighted by Gasteiger charge is 2.31. The number of hydrogen-bond acceptors (Lipinski definition) is 8. The summed E-state index contributed by atoms with van der Waals surface area (Å²) in [4.78, 5) is 36.1. The summed E-state index contributed by atoms with van der Waals surface area (Å²) in [6.45, 7) is 5.44. The highest BCUT2D eigenvalue weighted by Crippen LogP contribution is 2.21. The van der Waals surface area contributed by atoms with E-state index in [0.29, 0.717) is 51.4 Å². The lowest BCUT2D eigenvalue weighted by Crippen LogP contribution is -2.51. The van der Waals surface area contributed by atoms with Crippen molar-refractivity contribution in [1.29, 1.82) is 0 Å². The molecule has 1 aromatic carbocycles. The summed E-state index contributed by atoms with van der Waals surface area (Å²) >= 11 is 0. The van der Waals surface area contributed by atoms with Crippen molar-refractivity contribution in [2.24, 2.45) is 0 Å². The Kier molecular flexibility index (Phi) is 7.13. The summed E-state index contributed by atoms with van der Waals surface area (Å²) in [5.74, 6) is 0.408. The predicted molar refractivity (Wildman–Crippen MR) is 129 cm³/mol. The standard InChI is InChI=1S/C23H30N6O4S/c1-17-6-8-19(9-7-17)25-23-24-18(2)16-20(26-23)27-10-12-28(13-11-27)34(32,33)15-14-29-21(30)4-3-5-22(29)31/h6-9,16H,3-5,10-15H2,1-2H3,(H,24,25,26). The molecule has 1 N–H and O–H groups in total. The first-order chi connectivity index (χ1) is 16.2. The second kappa shape index (κ2) is 10.1. The van der Waals surface area contributed by atoms with Crippen LogP contribution < -0.4 is 10.2 Å². The molecule has 0 spiro atoms. The molecule has 0 saturated carbocycles. The largest absolute Gasteiger partial charge is 0.354 e. The first-order valence-corrected chi connectivity index (χ1v) is 13.1. The van der Waals surface area contributed by atoms with E-state index >= 15 is 0 Å². The molecular weight excluding hydrogens is 456 g/mol. The second-order valence-electron chi connectivity index (χ2n) is 8.68. The molecule has 2 aliphatic heterocycles. The summed E-state index contributed by atoms with van der Waals surface area (Å²) < 4.78 is 27.1. The Bertz CT molecular complexity index is 1140. The molecule has 2 amide bonds. The van der Waals surface area contributed by atoms with Gasteiger partial charge in [-0.15, -0.1) is 0 Å². The van der Waals surface area contributed by atoms with E-state index in [9.17, 15) is 18.0 Å². The Labute approximate surface area is 200 Å². The molecule has 0 bridgehead atoms. The van der Waals surface area contributed by atoms with Crippen LogP contribution in [0.3, 0.4) is 0 Å². The van der Waals surface area contributed by atoms with Gasteiger partial charge in [0.25, 0.3) is 0 Å². The third-order valence-corrected chi connectivity index (χ3v) is 7.91. The van der Waals surface area contributed by atoms with E-state index in [0.717, 1.165) is 22.1 Å². The average molecular weight is 487 g/mol. The number of nitrogens with zero attached hydrogens (tertiary/aromatic N) is 5. The van der Waals surface area contributed by atoms with E-state index in [4.69, 9.17) is 0 Å². The number of sulfonamides is 1. The van der Waals surface area contributed by atoms with Crippen LogP contribution in [0.1, 0.15) is 30.5 Å². The fraction of sp³-hybridized carbons (Fsp3) is 0.478. The van der Waals surface area contributed by atoms with Crippen molar-refractivity contribution >= 4 is 39.3 Å². The van der Waals surface area contributed by atoms with E-state index in [1.54, 1.807) is 0 Å². The van der Waals surface area contributed by atoms with Gasteiger partial charge < -0.3 is 10.2 Å². The van der Waals surface area contributed by atoms with Gasteiger partial charge in [0, 0.05) is 63.0 Å². The molecule has 4 rings (SSSR count). The lowest BCUT2D eigenvalue weighted by Gasteiger charge is -2.35. The maximum atomic E-state index is 12.8. The zero-order valence-corrected chi connectivity index (χ0v) is 20.3. The Hall–Kier alpha value is -3.05. The molecule has 1 aromatic heterocycles. The maximum Gasteiger partial charge on any atom is 0.229 e. The van der Waals surface area contributed by atoms with Gasteiger partial charge in [0.2, 0.25) is 27.8 Å². The summed E-state index contributed by atoms with van der Waals surface area (Å²) in [7, 11) is -3.58. The van der Waals surface area contributed by atoms with Crippen LogP contribution in [0.5, 0.6) is 0 Å². The number of carbonyl (C=O) groups excluding carboxylic acids is 2. The molecule has 34 heavy (non-hydrogen) atoms. The molecule has 3 heterocycles. The Morgan fingerprint density at radius 1 is 0.941 bits per heavy atom. The Morgan fingerprint density at radius 3 is 2.24 bits per heavy atom. The monoisotopic (exact) mass is 486 g/mol. The molecule has 0 unspecified atom stereocenters. The molecule has 2 saturated heterocycles. The van der Waals surface area contributed by atoms with Gasteiger partial charge in [-0.3, -0.25) is 14.5 Å². The number of hydrogen-bond donors (Lipinski definition) is 1. The van der Waals surface area contributed by atoms with E-state index < -0.39 is 10.0 Å². The fourth-order valence-corrected chi connectivity index (χ4v) is 5.51.